The molecule has 1 aliphatic heterocycles. The molecule has 0 aliphatic carbocycles. The number of carbonyl (C=O) groups is 2. The molecule has 2 N–H and O–H groups in total. The minimum absolute atomic E-state index is 0.0151. The van der Waals surface area contributed by atoms with Gasteiger partial charge in [-0.05, 0) is 30.5 Å². The molecule has 0 saturated carbocycles. The van der Waals surface area contributed by atoms with Gasteiger partial charge in [0.1, 0.15) is 17.4 Å². The summed E-state index contributed by atoms with van der Waals surface area (Å²) >= 11 is 0. The van der Waals surface area contributed by atoms with Crippen molar-refractivity contribution < 1.29 is 27.5 Å². The first-order valence-corrected chi connectivity index (χ1v) is 11.9. The van der Waals surface area contributed by atoms with Crippen molar-refractivity contribution in [2.45, 2.75) is 32.0 Å². The van der Waals surface area contributed by atoms with Crippen LogP contribution in [-0.4, -0.2) is 45.5 Å². The molecule has 0 spiro atoms. The van der Waals surface area contributed by atoms with Gasteiger partial charge >= 0.3 is 0 Å². The molecule has 1 atom stereocenters. The Labute approximate surface area is 195 Å². The minimum Gasteiger partial charge on any atom is -0.501 e. The van der Waals surface area contributed by atoms with Crippen LogP contribution in [0.4, 0.5) is 4.39 Å². The van der Waals surface area contributed by atoms with Gasteiger partial charge in [-0.25, -0.2) is 17.8 Å². The van der Waals surface area contributed by atoms with E-state index < -0.39 is 56.3 Å². The van der Waals surface area contributed by atoms with Crippen LogP contribution in [0.1, 0.15) is 40.8 Å². The van der Waals surface area contributed by atoms with Crippen molar-refractivity contribution in [1.82, 2.24) is 19.8 Å². The molecule has 2 aromatic rings. The smallest absolute Gasteiger partial charge is 0.296 e. The quantitative estimate of drug-likeness (QED) is 0.570. The maximum atomic E-state index is 13.1. The molecule has 34 heavy (non-hydrogen) atoms. The second-order valence-corrected chi connectivity index (χ2v) is 9.50. The summed E-state index contributed by atoms with van der Waals surface area (Å²) in [6, 6.07) is 4.49. The number of rotatable bonds is 8. The van der Waals surface area contributed by atoms with E-state index in [1.807, 2.05) is 0 Å². The molecule has 2 amide bonds. The first-order valence-electron chi connectivity index (χ1n) is 10.2. The predicted molar refractivity (Wildman–Crippen MR) is 121 cm³/mol. The molecule has 180 valence electrons. The number of aromatic nitrogens is 2. The lowest BCUT2D eigenvalue weighted by atomic mass is 10.0. The molecule has 1 aromatic carbocycles. The van der Waals surface area contributed by atoms with Gasteiger partial charge in [0.25, 0.3) is 11.5 Å². The number of sulfone groups is 1. The van der Waals surface area contributed by atoms with Crippen LogP contribution in [0.15, 0.2) is 53.8 Å². The zero-order valence-corrected chi connectivity index (χ0v) is 18.9. The van der Waals surface area contributed by atoms with E-state index in [0.717, 1.165) is 15.7 Å². The first kappa shape index (κ1) is 24.8. The Morgan fingerprint density at radius 3 is 2.59 bits per heavy atom. The molecular weight excluding hydrogens is 467 g/mol. The molecule has 2 heterocycles. The Morgan fingerprint density at radius 2 is 1.97 bits per heavy atom. The monoisotopic (exact) mass is 490 g/mol. The van der Waals surface area contributed by atoms with Gasteiger partial charge in [-0.1, -0.05) is 25.3 Å². The van der Waals surface area contributed by atoms with Crippen molar-refractivity contribution in [2.24, 2.45) is 0 Å². The molecule has 0 fully saturated rings. The van der Waals surface area contributed by atoms with Crippen LogP contribution < -0.4 is 10.9 Å². The topological polar surface area (TPSA) is 139 Å². The number of halogens is 1. The lowest BCUT2D eigenvalue weighted by Gasteiger charge is -2.33. The summed E-state index contributed by atoms with van der Waals surface area (Å²) in [6.45, 7) is 6.92. The van der Waals surface area contributed by atoms with Crippen LogP contribution in [-0.2, 0) is 27.7 Å². The van der Waals surface area contributed by atoms with Gasteiger partial charge in [-0.15, -0.1) is 0 Å². The third-order valence-electron chi connectivity index (χ3n) is 5.31. The maximum absolute atomic E-state index is 13.1. The largest absolute Gasteiger partial charge is 0.501 e. The van der Waals surface area contributed by atoms with Crippen LogP contribution in [0.2, 0.25) is 0 Å². The van der Waals surface area contributed by atoms with E-state index in [2.05, 4.69) is 23.5 Å². The average molecular weight is 491 g/mol. The number of carbonyl (C=O) groups excluding carboxylic acids is 2. The van der Waals surface area contributed by atoms with Crippen molar-refractivity contribution in [3.8, 4) is 5.75 Å². The van der Waals surface area contributed by atoms with Crippen molar-refractivity contribution in [2.75, 3.05) is 5.75 Å². The molecule has 0 saturated heterocycles. The lowest BCUT2D eigenvalue weighted by molar-refractivity contribution is -0.128. The number of fused-ring (bicyclic) bond motifs is 1. The number of nitrogens with zero attached hydrogens (tertiary/aromatic N) is 3. The van der Waals surface area contributed by atoms with Crippen molar-refractivity contribution >= 4 is 21.7 Å². The molecule has 1 aliphatic rings. The van der Waals surface area contributed by atoms with E-state index in [0.29, 0.717) is 23.8 Å². The van der Waals surface area contributed by atoms with Crippen LogP contribution in [0, 0.1) is 5.82 Å². The molecule has 0 bridgehead atoms. The van der Waals surface area contributed by atoms with E-state index in [1.165, 1.54) is 24.3 Å². The molecule has 1 aromatic heterocycles. The minimum atomic E-state index is -3.85. The van der Waals surface area contributed by atoms with Crippen LogP contribution in [0.25, 0.3) is 0 Å². The highest BCUT2D eigenvalue weighted by Gasteiger charge is 2.34. The Bertz CT molecular complexity index is 1300. The van der Waals surface area contributed by atoms with E-state index >= 15 is 0 Å². The highest BCUT2D eigenvalue weighted by atomic mass is 32.2. The number of benzene rings is 1. The van der Waals surface area contributed by atoms with E-state index in [-0.39, 0.29) is 18.9 Å². The fraction of sp³-hybridized carbons (Fsp3) is 0.273. The third kappa shape index (κ3) is 5.22. The molecule has 3 rings (SSSR count). The van der Waals surface area contributed by atoms with Gasteiger partial charge in [-0.2, -0.15) is 0 Å². The molecule has 12 heteroatoms. The van der Waals surface area contributed by atoms with Crippen molar-refractivity contribution in [3.63, 3.8) is 0 Å². The zero-order chi connectivity index (χ0) is 25.0. The summed E-state index contributed by atoms with van der Waals surface area (Å²) < 4.78 is 37.9. The van der Waals surface area contributed by atoms with Gasteiger partial charge in [-0.3, -0.25) is 19.0 Å². The molecule has 1 unspecified atom stereocenters. The summed E-state index contributed by atoms with van der Waals surface area (Å²) in [7, 11) is -3.85. The Hall–Kier alpha value is -3.80. The van der Waals surface area contributed by atoms with Gasteiger partial charge in [0, 0.05) is 24.7 Å². The number of hydrogen-bond acceptors (Lipinski definition) is 7. The summed E-state index contributed by atoms with van der Waals surface area (Å²) in [5, 5.41) is 13.5. The number of amides is 2. The van der Waals surface area contributed by atoms with Crippen LogP contribution in [0.3, 0.4) is 0 Å². The number of aromatic hydroxyl groups is 1. The maximum Gasteiger partial charge on any atom is 0.296 e. The Kier molecular flexibility index (Phi) is 7.30. The summed E-state index contributed by atoms with van der Waals surface area (Å²) in [5.74, 6) is -3.79. The van der Waals surface area contributed by atoms with Gasteiger partial charge in [0.15, 0.2) is 15.5 Å². The summed E-state index contributed by atoms with van der Waals surface area (Å²) in [6.07, 6.45) is 1.88. The molecule has 10 nitrogen and oxygen atoms in total. The number of nitrogens with one attached hydrogen (secondary N) is 1. The second-order valence-electron chi connectivity index (χ2n) is 7.55. The Balaban J connectivity index is 1.94. The summed E-state index contributed by atoms with van der Waals surface area (Å²) in [4.78, 5) is 43.4. The second kappa shape index (κ2) is 10.00. The SMILES string of the molecule is C=CN(C(=O)CS(=O)(=O)C=C)C1CCCn2c1nc(C(=O)NCc1ccc(F)cc1)c(O)c2=O. The fourth-order valence-corrected chi connectivity index (χ4v) is 4.21. The lowest BCUT2D eigenvalue weighted by Crippen LogP contribution is -2.41. The van der Waals surface area contributed by atoms with Gasteiger partial charge in [0.2, 0.25) is 11.7 Å². The Morgan fingerprint density at radius 1 is 1.29 bits per heavy atom. The third-order valence-corrected chi connectivity index (χ3v) is 6.47. The van der Waals surface area contributed by atoms with Crippen molar-refractivity contribution in [3.05, 3.63) is 82.3 Å². The van der Waals surface area contributed by atoms with E-state index in [4.69, 9.17) is 0 Å². The zero-order valence-electron chi connectivity index (χ0n) is 18.1. The summed E-state index contributed by atoms with van der Waals surface area (Å²) in [5.41, 5.74) is -0.828. The fourth-order valence-electron chi connectivity index (χ4n) is 3.60. The van der Waals surface area contributed by atoms with Gasteiger partial charge < -0.3 is 15.3 Å². The first-order chi connectivity index (χ1) is 16.1. The van der Waals surface area contributed by atoms with Crippen LogP contribution >= 0.6 is 0 Å². The highest BCUT2D eigenvalue weighted by molar-refractivity contribution is 7.94. The predicted octanol–water partition coefficient (Wildman–Crippen LogP) is 1.38. The van der Waals surface area contributed by atoms with E-state index in [1.54, 1.807) is 0 Å². The molecule has 0 radical (unpaired) electrons. The molecular formula is C22H23FN4O6S. The van der Waals surface area contributed by atoms with Crippen molar-refractivity contribution in [1.29, 1.82) is 0 Å². The van der Waals surface area contributed by atoms with E-state index in [9.17, 15) is 32.3 Å². The van der Waals surface area contributed by atoms with Crippen LogP contribution in [0.5, 0.6) is 5.75 Å². The standard InChI is InChI=1S/C22H23FN4O6S/c1-3-26(17(28)13-34(32,33)4-2)16-6-5-11-27-20(16)25-18(19(29)22(27)31)21(30)24-12-14-7-9-15(23)10-8-14/h3-4,7-10,16,29H,1-2,5-6,11-13H2,(H,24,30). The van der Waals surface area contributed by atoms with Gasteiger partial charge in [0.05, 0.1) is 6.04 Å². The normalized spacial score (nSPS) is 15.1. The highest BCUT2D eigenvalue weighted by Crippen LogP contribution is 2.30. The number of hydrogen-bond donors (Lipinski definition) is 2. The average Bonchev–Trinajstić information content (AvgIpc) is 2.81.